The van der Waals surface area contributed by atoms with Gasteiger partial charge in [-0.2, -0.15) is 0 Å². The van der Waals surface area contributed by atoms with Crippen LogP contribution in [0.15, 0.2) is 53.4 Å². The van der Waals surface area contributed by atoms with E-state index in [1.807, 2.05) is 12.1 Å². The number of benzene rings is 2. The van der Waals surface area contributed by atoms with Crippen LogP contribution in [0.4, 0.5) is 4.39 Å². The van der Waals surface area contributed by atoms with Crippen LogP contribution in [-0.4, -0.2) is 4.21 Å². The molecule has 1 unspecified atom stereocenters. The third-order valence-corrected chi connectivity index (χ3v) is 4.41. The second kappa shape index (κ2) is 6.11. The largest absolute Gasteiger partial charge is 0.254 e. The highest BCUT2D eigenvalue weighted by Gasteiger charge is 2.06. The van der Waals surface area contributed by atoms with Gasteiger partial charge in [-0.1, -0.05) is 38.1 Å². The van der Waals surface area contributed by atoms with Gasteiger partial charge in [-0.15, -0.1) is 0 Å². The van der Waals surface area contributed by atoms with Crippen LogP contribution in [-0.2, 0) is 16.6 Å². The summed E-state index contributed by atoms with van der Waals surface area (Å²) in [5.41, 5.74) is 2.31. The Balaban J connectivity index is 2.08. The van der Waals surface area contributed by atoms with E-state index in [4.69, 9.17) is 0 Å². The average Bonchev–Trinajstić information content (AvgIpc) is 2.40. The van der Waals surface area contributed by atoms with Gasteiger partial charge in [-0.05, 0) is 41.3 Å². The highest BCUT2D eigenvalue weighted by atomic mass is 32.2. The van der Waals surface area contributed by atoms with Gasteiger partial charge in [0, 0.05) is 4.90 Å². The Kier molecular flexibility index (Phi) is 4.48. The highest BCUT2D eigenvalue weighted by Crippen LogP contribution is 2.17. The molecule has 0 spiro atoms. The lowest BCUT2D eigenvalue weighted by Crippen LogP contribution is -1.97. The van der Waals surface area contributed by atoms with Crippen molar-refractivity contribution in [1.29, 1.82) is 0 Å². The highest BCUT2D eigenvalue weighted by molar-refractivity contribution is 7.84. The van der Waals surface area contributed by atoms with Gasteiger partial charge < -0.3 is 0 Å². The van der Waals surface area contributed by atoms with E-state index < -0.39 is 10.8 Å². The van der Waals surface area contributed by atoms with Crippen LogP contribution in [0.5, 0.6) is 0 Å². The number of rotatable bonds is 4. The molecule has 0 amide bonds. The van der Waals surface area contributed by atoms with Gasteiger partial charge in [0.2, 0.25) is 0 Å². The molecule has 0 aliphatic heterocycles. The summed E-state index contributed by atoms with van der Waals surface area (Å²) in [4.78, 5) is 0.661. The van der Waals surface area contributed by atoms with Crippen molar-refractivity contribution in [2.75, 3.05) is 0 Å². The van der Waals surface area contributed by atoms with Crippen molar-refractivity contribution in [3.8, 4) is 0 Å². The molecule has 0 heterocycles. The maximum atomic E-state index is 12.8. The lowest BCUT2D eigenvalue weighted by molar-refractivity contribution is 0.626. The zero-order valence-electron chi connectivity index (χ0n) is 11.1. The second-order valence-corrected chi connectivity index (χ2v) is 6.29. The molecule has 0 aliphatic carbocycles. The lowest BCUT2D eigenvalue weighted by atomic mass is 10.0. The summed E-state index contributed by atoms with van der Waals surface area (Å²) in [6.07, 6.45) is 0. The monoisotopic (exact) mass is 276 g/mol. The smallest absolute Gasteiger partial charge is 0.123 e. The van der Waals surface area contributed by atoms with Crippen molar-refractivity contribution < 1.29 is 8.60 Å². The fraction of sp³-hybridized carbons (Fsp3) is 0.250. The predicted molar refractivity (Wildman–Crippen MR) is 77.0 cm³/mol. The summed E-state index contributed by atoms with van der Waals surface area (Å²) in [6.45, 7) is 4.29. The molecule has 2 aromatic rings. The maximum Gasteiger partial charge on any atom is 0.123 e. The predicted octanol–water partition coefficient (Wildman–Crippen LogP) is 4.26. The Morgan fingerprint density at radius 2 is 1.58 bits per heavy atom. The lowest BCUT2D eigenvalue weighted by Gasteiger charge is -2.07. The molecular weight excluding hydrogens is 259 g/mol. The van der Waals surface area contributed by atoms with Crippen molar-refractivity contribution in [3.05, 3.63) is 65.5 Å². The Morgan fingerprint density at radius 3 is 2.11 bits per heavy atom. The minimum atomic E-state index is -1.13. The van der Waals surface area contributed by atoms with Crippen molar-refractivity contribution in [2.24, 2.45) is 0 Å². The molecule has 0 saturated heterocycles. The van der Waals surface area contributed by atoms with Crippen LogP contribution < -0.4 is 0 Å². The van der Waals surface area contributed by atoms with Gasteiger partial charge in [-0.25, -0.2) is 4.39 Å². The van der Waals surface area contributed by atoms with E-state index in [2.05, 4.69) is 26.0 Å². The molecule has 100 valence electrons. The number of halogens is 1. The van der Waals surface area contributed by atoms with Crippen LogP contribution in [0.3, 0.4) is 0 Å². The van der Waals surface area contributed by atoms with Gasteiger partial charge in [-0.3, -0.25) is 4.21 Å². The number of hydrogen-bond acceptors (Lipinski definition) is 1. The molecule has 0 fully saturated rings. The summed E-state index contributed by atoms with van der Waals surface area (Å²) in [7, 11) is -1.13. The minimum absolute atomic E-state index is 0.304. The fourth-order valence-electron chi connectivity index (χ4n) is 1.82. The molecule has 0 aliphatic rings. The molecule has 1 atom stereocenters. The minimum Gasteiger partial charge on any atom is -0.254 e. The molecule has 0 bridgehead atoms. The van der Waals surface area contributed by atoms with E-state index in [0.29, 0.717) is 16.6 Å². The van der Waals surface area contributed by atoms with Crippen molar-refractivity contribution in [1.82, 2.24) is 0 Å². The van der Waals surface area contributed by atoms with Crippen molar-refractivity contribution >= 4 is 10.8 Å². The first kappa shape index (κ1) is 13.9. The quantitative estimate of drug-likeness (QED) is 0.815. The summed E-state index contributed by atoms with van der Waals surface area (Å²) in [6, 6.07) is 14.0. The van der Waals surface area contributed by atoms with Gasteiger partial charge in [0.15, 0.2) is 0 Å². The molecule has 0 radical (unpaired) electrons. The van der Waals surface area contributed by atoms with Gasteiger partial charge >= 0.3 is 0 Å². The third-order valence-electron chi connectivity index (χ3n) is 3.02. The Hall–Kier alpha value is -1.48. The van der Waals surface area contributed by atoms with Gasteiger partial charge in [0.25, 0.3) is 0 Å². The first-order chi connectivity index (χ1) is 9.06. The molecule has 2 aromatic carbocycles. The average molecular weight is 276 g/mol. The van der Waals surface area contributed by atoms with E-state index in [0.717, 1.165) is 5.56 Å². The Labute approximate surface area is 115 Å². The summed E-state index contributed by atoms with van der Waals surface area (Å²) in [5, 5.41) is 0. The third kappa shape index (κ3) is 3.74. The second-order valence-electron chi connectivity index (χ2n) is 4.84. The van der Waals surface area contributed by atoms with Crippen molar-refractivity contribution in [2.45, 2.75) is 30.4 Å². The zero-order chi connectivity index (χ0) is 13.8. The molecule has 19 heavy (non-hydrogen) atoms. The van der Waals surface area contributed by atoms with E-state index in [1.165, 1.54) is 17.7 Å². The van der Waals surface area contributed by atoms with E-state index >= 15 is 0 Å². The maximum absolute atomic E-state index is 12.8. The molecular formula is C16H17FOS. The molecule has 0 aromatic heterocycles. The topological polar surface area (TPSA) is 17.1 Å². The molecule has 3 heteroatoms. The summed E-state index contributed by atoms with van der Waals surface area (Å²) < 4.78 is 24.9. The van der Waals surface area contributed by atoms with Crippen LogP contribution in [0.25, 0.3) is 0 Å². The Bertz CT molecular complexity index is 558. The first-order valence-corrected chi connectivity index (χ1v) is 7.61. The van der Waals surface area contributed by atoms with Crippen LogP contribution in [0.1, 0.15) is 30.9 Å². The first-order valence-electron chi connectivity index (χ1n) is 6.29. The molecule has 0 saturated carbocycles. The van der Waals surface area contributed by atoms with Gasteiger partial charge in [0.05, 0.1) is 16.6 Å². The van der Waals surface area contributed by atoms with E-state index in [-0.39, 0.29) is 5.82 Å². The summed E-state index contributed by atoms with van der Waals surface area (Å²) in [5.74, 6) is 0.656. The van der Waals surface area contributed by atoms with Gasteiger partial charge in [0.1, 0.15) is 5.82 Å². The Morgan fingerprint density at radius 1 is 1.00 bits per heavy atom. The van der Waals surface area contributed by atoms with Crippen LogP contribution in [0, 0.1) is 5.82 Å². The van der Waals surface area contributed by atoms with E-state index in [1.54, 1.807) is 12.1 Å². The van der Waals surface area contributed by atoms with Crippen molar-refractivity contribution in [3.63, 3.8) is 0 Å². The fourth-order valence-corrected chi connectivity index (χ4v) is 2.92. The van der Waals surface area contributed by atoms with Crippen LogP contribution >= 0.6 is 0 Å². The zero-order valence-corrected chi connectivity index (χ0v) is 11.9. The van der Waals surface area contributed by atoms with Crippen LogP contribution in [0.2, 0.25) is 0 Å². The normalized spacial score (nSPS) is 12.6. The molecule has 1 nitrogen and oxygen atoms in total. The number of hydrogen-bond donors (Lipinski definition) is 0. The molecule has 0 N–H and O–H groups in total. The standard InChI is InChI=1S/C16H17FOS/c1-12(2)14-5-3-13(4-6-14)11-19(18)16-9-7-15(17)8-10-16/h3-10,12H,11H2,1-2H3. The molecule has 2 rings (SSSR count). The summed E-state index contributed by atoms with van der Waals surface area (Å²) >= 11 is 0. The van der Waals surface area contributed by atoms with E-state index in [9.17, 15) is 8.60 Å². The SMILES string of the molecule is CC(C)c1ccc(CS(=O)c2ccc(F)cc2)cc1.